The average Bonchev–Trinajstić information content (AvgIpc) is 2.79. The first-order valence-corrected chi connectivity index (χ1v) is 10.9. The number of pyridine rings is 1. The molecule has 3 fully saturated rings. The molecule has 29 heavy (non-hydrogen) atoms. The van der Waals surface area contributed by atoms with Crippen molar-refractivity contribution in [1.82, 2.24) is 14.8 Å². The standard InChI is InChI=1S/C22H32N4O3/c1-17(27)18-4-5-21(23-15-18)24-9-6-20(7-10-24)26-8-2-3-19(16-26)22(28)25-11-13-29-14-12-25/h4-5,15,19-20H,2-3,6-14,16H2,1H3/t19-/m0/s1. The number of piperidine rings is 2. The molecule has 0 spiro atoms. The Balaban J connectivity index is 1.30. The molecule has 1 atom stereocenters. The Morgan fingerprint density at radius 2 is 1.79 bits per heavy atom. The van der Waals surface area contributed by atoms with Crippen LogP contribution >= 0.6 is 0 Å². The SMILES string of the molecule is CC(=O)c1ccc(N2CCC(N3CCC[C@H](C(=O)N4CCOCC4)C3)CC2)nc1. The zero-order chi connectivity index (χ0) is 20.2. The topological polar surface area (TPSA) is 66.0 Å². The van der Waals surface area contributed by atoms with Gasteiger partial charge in [-0.15, -0.1) is 0 Å². The molecule has 0 aromatic carbocycles. The van der Waals surface area contributed by atoms with Crippen LogP contribution in [0.1, 0.15) is 43.0 Å². The van der Waals surface area contributed by atoms with E-state index in [1.165, 1.54) is 0 Å². The molecule has 1 amide bonds. The number of carbonyl (C=O) groups is 2. The molecule has 3 aliphatic heterocycles. The number of ketones is 1. The maximum Gasteiger partial charge on any atom is 0.227 e. The number of morpholine rings is 1. The van der Waals surface area contributed by atoms with E-state index in [0.29, 0.717) is 30.7 Å². The van der Waals surface area contributed by atoms with Crippen molar-refractivity contribution in [3.8, 4) is 0 Å². The Hall–Kier alpha value is -1.99. The van der Waals surface area contributed by atoms with Crippen LogP contribution in [0, 0.1) is 5.92 Å². The Morgan fingerprint density at radius 1 is 1.03 bits per heavy atom. The van der Waals surface area contributed by atoms with Crippen molar-refractivity contribution in [1.29, 1.82) is 0 Å². The summed E-state index contributed by atoms with van der Waals surface area (Å²) in [6, 6.07) is 4.36. The summed E-state index contributed by atoms with van der Waals surface area (Å²) in [5.41, 5.74) is 0.660. The van der Waals surface area contributed by atoms with E-state index in [1.807, 2.05) is 17.0 Å². The number of amides is 1. The van der Waals surface area contributed by atoms with Gasteiger partial charge in [0.05, 0.1) is 19.1 Å². The largest absolute Gasteiger partial charge is 0.378 e. The zero-order valence-corrected chi connectivity index (χ0v) is 17.4. The maximum absolute atomic E-state index is 12.9. The molecule has 4 rings (SSSR count). The summed E-state index contributed by atoms with van der Waals surface area (Å²) >= 11 is 0. The third-order valence-electron chi connectivity index (χ3n) is 6.58. The fourth-order valence-corrected chi connectivity index (χ4v) is 4.82. The minimum Gasteiger partial charge on any atom is -0.378 e. The highest BCUT2D eigenvalue weighted by Crippen LogP contribution is 2.27. The van der Waals surface area contributed by atoms with Gasteiger partial charge in [-0.2, -0.15) is 0 Å². The van der Waals surface area contributed by atoms with Gasteiger partial charge in [0.15, 0.2) is 5.78 Å². The molecule has 7 nitrogen and oxygen atoms in total. The summed E-state index contributed by atoms with van der Waals surface area (Å²) in [6.45, 7) is 8.31. The highest BCUT2D eigenvalue weighted by Gasteiger charge is 2.34. The van der Waals surface area contributed by atoms with Crippen molar-refractivity contribution in [2.24, 2.45) is 5.92 Å². The van der Waals surface area contributed by atoms with Gasteiger partial charge in [0.2, 0.25) is 5.91 Å². The van der Waals surface area contributed by atoms with Gasteiger partial charge in [-0.3, -0.25) is 14.5 Å². The van der Waals surface area contributed by atoms with Crippen LogP contribution in [-0.4, -0.2) is 85.0 Å². The summed E-state index contributed by atoms with van der Waals surface area (Å²) in [7, 11) is 0. The van der Waals surface area contributed by atoms with Crippen molar-refractivity contribution in [2.45, 2.75) is 38.6 Å². The van der Waals surface area contributed by atoms with Crippen molar-refractivity contribution in [2.75, 3.05) is 57.4 Å². The number of anilines is 1. The van der Waals surface area contributed by atoms with Crippen LogP contribution in [0.4, 0.5) is 5.82 Å². The van der Waals surface area contributed by atoms with Crippen LogP contribution in [0.2, 0.25) is 0 Å². The molecule has 3 aliphatic rings. The van der Waals surface area contributed by atoms with E-state index in [4.69, 9.17) is 4.74 Å². The molecule has 0 radical (unpaired) electrons. The molecule has 4 heterocycles. The van der Waals surface area contributed by atoms with Gasteiger partial charge in [-0.05, 0) is 51.3 Å². The highest BCUT2D eigenvalue weighted by atomic mass is 16.5. The van der Waals surface area contributed by atoms with Gasteiger partial charge in [-0.25, -0.2) is 4.98 Å². The lowest BCUT2D eigenvalue weighted by atomic mass is 9.92. The molecule has 0 aliphatic carbocycles. The molecule has 158 valence electrons. The summed E-state index contributed by atoms with van der Waals surface area (Å²) in [5, 5.41) is 0. The maximum atomic E-state index is 12.9. The van der Waals surface area contributed by atoms with Gasteiger partial charge in [0.25, 0.3) is 0 Å². The fourth-order valence-electron chi connectivity index (χ4n) is 4.82. The molecule has 0 bridgehead atoms. The number of aromatic nitrogens is 1. The number of carbonyl (C=O) groups excluding carboxylic acids is 2. The van der Waals surface area contributed by atoms with Crippen LogP contribution in [0.25, 0.3) is 0 Å². The van der Waals surface area contributed by atoms with E-state index < -0.39 is 0 Å². The van der Waals surface area contributed by atoms with Crippen molar-refractivity contribution >= 4 is 17.5 Å². The predicted molar refractivity (Wildman–Crippen MR) is 111 cm³/mol. The lowest BCUT2D eigenvalue weighted by molar-refractivity contribution is -0.141. The zero-order valence-electron chi connectivity index (χ0n) is 17.4. The minimum absolute atomic E-state index is 0.0500. The van der Waals surface area contributed by atoms with Crippen LogP contribution < -0.4 is 4.90 Å². The van der Waals surface area contributed by atoms with Crippen LogP contribution in [0.15, 0.2) is 18.3 Å². The normalized spacial score (nSPS) is 24.5. The lowest BCUT2D eigenvalue weighted by Crippen LogP contribution is -2.52. The van der Waals surface area contributed by atoms with Crippen LogP contribution in [0.5, 0.6) is 0 Å². The summed E-state index contributed by atoms with van der Waals surface area (Å²) in [6.07, 6.45) is 5.98. The van der Waals surface area contributed by atoms with E-state index >= 15 is 0 Å². The van der Waals surface area contributed by atoms with Crippen molar-refractivity contribution in [3.05, 3.63) is 23.9 Å². The molecule has 3 saturated heterocycles. The summed E-state index contributed by atoms with van der Waals surface area (Å²) < 4.78 is 5.39. The van der Waals surface area contributed by atoms with Gasteiger partial charge < -0.3 is 14.5 Å². The van der Waals surface area contributed by atoms with Crippen molar-refractivity contribution < 1.29 is 14.3 Å². The molecule has 0 unspecified atom stereocenters. The molecular weight excluding hydrogens is 368 g/mol. The highest BCUT2D eigenvalue weighted by molar-refractivity contribution is 5.93. The van der Waals surface area contributed by atoms with E-state index in [9.17, 15) is 9.59 Å². The first-order chi connectivity index (χ1) is 14.1. The van der Waals surface area contributed by atoms with Crippen molar-refractivity contribution in [3.63, 3.8) is 0 Å². The second-order valence-electron chi connectivity index (χ2n) is 8.45. The lowest BCUT2D eigenvalue weighted by Gasteiger charge is -2.43. The molecule has 0 saturated carbocycles. The van der Waals surface area contributed by atoms with E-state index in [2.05, 4.69) is 14.8 Å². The number of hydrogen-bond acceptors (Lipinski definition) is 6. The van der Waals surface area contributed by atoms with Gasteiger partial charge in [0, 0.05) is 50.5 Å². The smallest absolute Gasteiger partial charge is 0.227 e. The number of Topliss-reactive ketones (excluding diaryl/α,β-unsaturated/α-hetero) is 1. The second-order valence-corrected chi connectivity index (χ2v) is 8.45. The van der Waals surface area contributed by atoms with E-state index in [0.717, 1.165) is 70.8 Å². The Kier molecular flexibility index (Phi) is 6.45. The Labute approximate surface area is 173 Å². The first-order valence-electron chi connectivity index (χ1n) is 10.9. The number of likely N-dealkylation sites (tertiary alicyclic amines) is 1. The van der Waals surface area contributed by atoms with Crippen LogP contribution in [-0.2, 0) is 9.53 Å². The molecule has 0 N–H and O–H groups in total. The molecule has 7 heteroatoms. The van der Waals surface area contributed by atoms with E-state index in [1.54, 1.807) is 13.1 Å². The number of ether oxygens (including phenoxy) is 1. The second kappa shape index (κ2) is 9.22. The third kappa shape index (κ3) is 4.78. The van der Waals surface area contributed by atoms with Gasteiger partial charge >= 0.3 is 0 Å². The number of rotatable bonds is 4. The van der Waals surface area contributed by atoms with E-state index in [-0.39, 0.29) is 11.7 Å². The summed E-state index contributed by atoms with van der Waals surface area (Å²) in [4.78, 5) is 35.7. The quantitative estimate of drug-likeness (QED) is 0.719. The average molecular weight is 401 g/mol. The summed E-state index contributed by atoms with van der Waals surface area (Å²) in [5.74, 6) is 1.47. The predicted octanol–water partition coefficient (Wildman–Crippen LogP) is 1.82. The van der Waals surface area contributed by atoms with Gasteiger partial charge in [0.1, 0.15) is 5.82 Å². The molecule has 1 aromatic rings. The molecular formula is C22H32N4O3. The minimum atomic E-state index is 0.0500. The Morgan fingerprint density at radius 3 is 2.45 bits per heavy atom. The monoisotopic (exact) mass is 400 g/mol. The van der Waals surface area contributed by atoms with Crippen LogP contribution in [0.3, 0.4) is 0 Å². The first kappa shape index (κ1) is 20.3. The third-order valence-corrected chi connectivity index (χ3v) is 6.58. The van der Waals surface area contributed by atoms with Gasteiger partial charge in [-0.1, -0.05) is 0 Å². The number of nitrogens with zero attached hydrogens (tertiary/aromatic N) is 4. The Bertz CT molecular complexity index is 709. The fraction of sp³-hybridized carbons (Fsp3) is 0.682. The number of hydrogen-bond donors (Lipinski definition) is 0. The molecule has 1 aromatic heterocycles.